The van der Waals surface area contributed by atoms with Crippen LogP contribution in [0, 0.1) is 0 Å². The van der Waals surface area contributed by atoms with Crippen molar-refractivity contribution in [3.63, 3.8) is 0 Å². The summed E-state index contributed by atoms with van der Waals surface area (Å²) >= 11 is 0. The fourth-order valence-electron chi connectivity index (χ4n) is 1.10. The van der Waals surface area contributed by atoms with Gasteiger partial charge in [-0.15, -0.1) is 0 Å². The molecule has 98 valence electrons. The van der Waals surface area contributed by atoms with E-state index in [0.717, 1.165) is 7.11 Å². The topological polar surface area (TPSA) is 52.6 Å². The average molecular weight is 262 g/mol. The van der Waals surface area contributed by atoms with Crippen LogP contribution in [-0.4, -0.2) is 31.3 Å². The molecule has 0 radical (unpaired) electrons. The second-order valence-electron chi connectivity index (χ2n) is 3.22. The molecule has 18 heavy (non-hydrogen) atoms. The highest BCUT2D eigenvalue weighted by Gasteiger charge is 2.49. The standard InChI is InChI=1S/C11H9F3O4/c1-17-10(16)8(11(12,13)14)18-9(15)7-5-3-2-4-6-7/h2-6,8H,1H3. The van der Waals surface area contributed by atoms with Gasteiger partial charge in [-0.3, -0.25) is 0 Å². The number of methoxy groups -OCH3 is 1. The van der Waals surface area contributed by atoms with Crippen LogP contribution >= 0.6 is 0 Å². The number of carbonyl (C=O) groups excluding carboxylic acids is 2. The molecule has 0 heterocycles. The molecule has 0 fully saturated rings. The molecule has 0 amide bonds. The van der Waals surface area contributed by atoms with Crippen molar-refractivity contribution in [2.24, 2.45) is 0 Å². The Hall–Kier alpha value is -2.05. The van der Waals surface area contributed by atoms with Crippen molar-refractivity contribution >= 4 is 11.9 Å². The summed E-state index contributed by atoms with van der Waals surface area (Å²) in [6, 6.07) is 7.03. The molecule has 0 saturated heterocycles. The fourth-order valence-corrected chi connectivity index (χ4v) is 1.10. The van der Waals surface area contributed by atoms with E-state index in [1.807, 2.05) is 0 Å². The fraction of sp³-hybridized carbons (Fsp3) is 0.273. The summed E-state index contributed by atoms with van der Waals surface area (Å²) in [6.45, 7) is 0. The van der Waals surface area contributed by atoms with Crippen LogP contribution in [0.1, 0.15) is 10.4 Å². The minimum Gasteiger partial charge on any atom is -0.466 e. The highest BCUT2D eigenvalue weighted by atomic mass is 19.4. The van der Waals surface area contributed by atoms with Gasteiger partial charge in [0.15, 0.2) is 0 Å². The van der Waals surface area contributed by atoms with Crippen LogP contribution in [0.3, 0.4) is 0 Å². The van der Waals surface area contributed by atoms with Crippen LogP contribution in [0.5, 0.6) is 0 Å². The zero-order valence-electron chi connectivity index (χ0n) is 9.23. The molecule has 0 aromatic heterocycles. The molecule has 0 aliphatic carbocycles. The molecule has 4 nitrogen and oxygen atoms in total. The molecular weight excluding hydrogens is 253 g/mol. The molecule has 0 N–H and O–H groups in total. The minimum absolute atomic E-state index is 0.0874. The van der Waals surface area contributed by atoms with Gasteiger partial charge < -0.3 is 9.47 Å². The molecule has 7 heteroatoms. The largest absolute Gasteiger partial charge is 0.466 e. The highest BCUT2D eigenvalue weighted by Crippen LogP contribution is 2.24. The van der Waals surface area contributed by atoms with Crippen molar-refractivity contribution in [1.29, 1.82) is 0 Å². The summed E-state index contributed by atoms with van der Waals surface area (Å²) in [6.07, 6.45) is -7.94. The second-order valence-corrected chi connectivity index (χ2v) is 3.22. The lowest BCUT2D eigenvalue weighted by molar-refractivity contribution is -0.216. The number of hydrogen-bond donors (Lipinski definition) is 0. The van der Waals surface area contributed by atoms with E-state index >= 15 is 0 Å². The minimum atomic E-state index is -5.02. The highest BCUT2D eigenvalue weighted by molar-refractivity contribution is 5.91. The molecular formula is C11H9F3O4. The zero-order valence-corrected chi connectivity index (χ0v) is 9.23. The quantitative estimate of drug-likeness (QED) is 0.781. The van der Waals surface area contributed by atoms with Crippen LogP contribution in [0.4, 0.5) is 13.2 Å². The SMILES string of the molecule is COC(=O)C(OC(=O)c1ccccc1)C(F)(F)F. The number of rotatable bonds is 3. The van der Waals surface area contributed by atoms with Crippen molar-refractivity contribution in [3.05, 3.63) is 35.9 Å². The van der Waals surface area contributed by atoms with E-state index in [9.17, 15) is 22.8 Å². The molecule has 1 aromatic rings. The molecule has 0 aliphatic heterocycles. The average Bonchev–Trinajstić information content (AvgIpc) is 2.34. The van der Waals surface area contributed by atoms with E-state index in [-0.39, 0.29) is 5.56 Å². The molecule has 1 unspecified atom stereocenters. The summed E-state index contributed by atoms with van der Waals surface area (Å²) in [5, 5.41) is 0. The van der Waals surface area contributed by atoms with Gasteiger partial charge in [-0.25, -0.2) is 9.59 Å². The lowest BCUT2D eigenvalue weighted by atomic mass is 10.2. The lowest BCUT2D eigenvalue weighted by Gasteiger charge is -2.18. The maximum absolute atomic E-state index is 12.5. The first-order chi connectivity index (χ1) is 8.36. The third-order valence-corrected chi connectivity index (χ3v) is 1.95. The van der Waals surface area contributed by atoms with E-state index < -0.39 is 24.2 Å². The van der Waals surface area contributed by atoms with Crippen molar-refractivity contribution in [1.82, 2.24) is 0 Å². The molecule has 1 rings (SSSR count). The molecule has 0 spiro atoms. The van der Waals surface area contributed by atoms with Crippen LogP contribution < -0.4 is 0 Å². The Morgan fingerprint density at radius 2 is 1.72 bits per heavy atom. The van der Waals surface area contributed by atoms with Crippen LogP contribution in [-0.2, 0) is 14.3 Å². The maximum Gasteiger partial charge on any atom is 0.436 e. The Kier molecular flexibility index (Phi) is 4.30. The van der Waals surface area contributed by atoms with Crippen LogP contribution in [0.25, 0.3) is 0 Å². The molecule has 1 atom stereocenters. The summed E-state index contributed by atoms with van der Waals surface area (Å²) in [4.78, 5) is 22.3. The van der Waals surface area contributed by atoms with Gasteiger partial charge >= 0.3 is 18.1 Å². The van der Waals surface area contributed by atoms with Gasteiger partial charge in [0.1, 0.15) is 0 Å². The van der Waals surface area contributed by atoms with Gasteiger partial charge in [0.05, 0.1) is 12.7 Å². The number of carbonyl (C=O) groups is 2. The molecule has 0 bridgehead atoms. The normalized spacial score (nSPS) is 12.7. The van der Waals surface area contributed by atoms with E-state index in [1.54, 1.807) is 6.07 Å². The third kappa shape index (κ3) is 3.47. The Labute approximate surface area is 100 Å². The summed E-state index contributed by atoms with van der Waals surface area (Å²) in [5.74, 6) is -2.92. The second kappa shape index (κ2) is 5.52. The number of alkyl halides is 3. The van der Waals surface area contributed by atoms with Crippen molar-refractivity contribution < 1.29 is 32.2 Å². The first-order valence-electron chi connectivity index (χ1n) is 4.77. The Balaban J connectivity index is 2.86. The monoisotopic (exact) mass is 262 g/mol. The predicted molar refractivity (Wildman–Crippen MR) is 53.7 cm³/mol. The summed E-state index contributed by atoms with van der Waals surface area (Å²) in [7, 11) is 0.775. The van der Waals surface area contributed by atoms with Gasteiger partial charge in [0, 0.05) is 0 Å². The summed E-state index contributed by atoms with van der Waals surface area (Å²) < 4.78 is 45.4. The molecule has 0 aliphatic rings. The number of hydrogen-bond acceptors (Lipinski definition) is 4. The molecule has 1 aromatic carbocycles. The predicted octanol–water partition coefficient (Wildman–Crippen LogP) is 1.95. The lowest BCUT2D eigenvalue weighted by Crippen LogP contribution is -2.41. The van der Waals surface area contributed by atoms with Gasteiger partial charge in [-0.2, -0.15) is 13.2 Å². The maximum atomic E-state index is 12.5. The van der Waals surface area contributed by atoms with E-state index in [4.69, 9.17) is 0 Å². The van der Waals surface area contributed by atoms with Crippen molar-refractivity contribution in [2.45, 2.75) is 12.3 Å². The van der Waals surface area contributed by atoms with Gasteiger partial charge in [-0.1, -0.05) is 18.2 Å². The number of halogens is 3. The van der Waals surface area contributed by atoms with Crippen LogP contribution in [0.15, 0.2) is 30.3 Å². The van der Waals surface area contributed by atoms with Crippen molar-refractivity contribution in [2.75, 3.05) is 7.11 Å². The van der Waals surface area contributed by atoms with Gasteiger partial charge in [-0.05, 0) is 12.1 Å². The van der Waals surface area contributed by atoms with Crippen LogP contribution in [0.2, 0.25) is 0 Å². The zero-order chi connectivity index (χ0) is 13.8. The number of esters is 2. The Morgan fingerprint density at radius 1 is 1.17 bits per heavy atom. The third-order valence-electron chi connectivity index (χ3n) is 1.95. The van der Waals surface area contributed by atoms with E-state index in [2.05, 4.69) is 9.47 Å². The summed E-state index contributed by atoms with van der Waals surface area (Å²) in [5.41, 5.74) is -0.0874. The smallest absolute Gasteiger partial charge is 0.436 e. The van der Waals surface area contributed by atoms with Gasteiger partial charge in [0.25, 0.3) is 6.10 Å². The van der Waals surface area contributed by atoms with E-state index in [1.165, 1.54) is 24.3 Å². The Morgan fingerprint density at radius 3 is 2.17 bits per heavy atom. The van der Waals surface area contributed by atoms with E-state index in [0.29, 0.717) is 0 Å². The first-order valence-corrected chi connectivity index (χ1v) is 4.77. The number of benzene rings is 1. The van der Waals surface area contributed by atoms with Crippen molar-refractivity contribution in [3.8, 4) is 0 Å². The van der Waals surface area contributed by atoms with Gasteiger partial charge in [0.2, 0.25) is 0 Å². The number of ether oxygens (including phenoxy) is 2. The molecule has 0 saturated carbocycles. The first kappa shape index (κ1) is 14.0. The Bertz CT molecular complexity index is 428.